The standard InChI is InChI=1S/C18H24O3/c1-3-4-17(18(19)20)15-7-5-13(6-8-15)14-9-11-16(21-2)12-10-14/h3,9-13,15,17H,1,4-8H2,2H3,(H,19,20). The molecule has 1 aromatic carbocycles. The summed E-state index contributed by atoms with van der Waals surface area (Å²) in [6, 6.07) is 8.25. The molecule has 1 unspecified atom stereocenters. The van der Waals surface area contributed by atoms with Gasteiger partial charge in [-0.2, -0.15) is 0 Å². The molecule has 0 heterocycles. The number of carboxylic acids is 1. The maximum absolute atomic E-state index is 11.3. The van der Waals surface area contributed by atoms with Gasteiger partial charge in [0.1, 0.15) is 5.75 Å². The molecule has 21 heavy (non-hydrogen) atoms. The highest BCUT2D eigenvalue weighted by molar-refractivity contribution is 5.70. The van der Waals surface area contributed by atoms with Crippen LogP contribution in [-0.4, -0.2) is 18.2 Å². The van der Waals surface area contributed by atoms with Crippen molar-refractivity contribution in [1.82, 2.24) is 0 Å². The summed E-state index contributed by atoms with van der Waals surface area (Å²) in [5.41, 5.74) is 1.34. The quantitative estimate of drug-likeness (QED) is 0.796. The Morgan fingerprint density at radius 1 is 1.33 bits per heavy atom. The van der Waals surface area contributed by atoms with Crippen LogP contribution in [-0.2, 0) is 4.79 Å². The van der Waals surface area contributed by atoms with E-state index in [2.05, 4.69) is 18.7 Å². The highest BCUT2D eigenvalue weighted by Gasteiger charge is 2.31. The normalized spacial score (nSPS) is 23.3. The lowest BCUT2D eigenvalue weighted by Crippen LogP contribution is -2.26. The molecule has 0 radical (unpaired) electrons. The van der Waals surface area contributed by atoms with E-state index in [1.54, 1.807) is 13.2 Å². The molecule has 1 atom stereocenters. The number of rotatable bonds is 6. The zero-order valence-corrected chi connectivity index (χ0v) is 12.6. The third-order valence-electron chi connectivity index (χ3n) is 4.67. The van der Waals surface area contributed by atoms with Crippen molar-refractivity contribution < 1.29 is 14.6 Å². The Hall–Kier alpha value is -1.77. The minimum atomic E-state index is -0.678. The Bertz CT molecular complexity index is 470. The fourth-order valence-electron chi connectivity index (χ4n) is 3.41. The molecule has 1 saturated carbocycles. The first-order chi connectivity index (χ1) is 10.2. The van der Waals surface area contributed by atoms with Gasteiger partial charge in [-0.1, -0.05) is 18.2 Å². The van der Waals surface area contributed by atoms with Crippen molar-refractivity contribution in [2.24, 2.45) is 11.8 Å². The minimum absolute atomic E-state index is 0.265. The minimum Gasteiger partial charge on any atom is -0.497 e. The number of carbonyl (C=O) groups is 1. The molecule has 114 valence electrons. The molecule has 1 aromatic rings. The summed E-state index contributed by atoms with van der Waals surface area (Å²) in [5.74, 6) is 0.770. The van der Waals surface area contributed by atoms with Gasteiger partial charge in [-0.15, -0.1) is 6.58 Å². The van der Waals surface area contributed by atoms with E-state index in [-0.39, 0.29) is 11.8 Å². The summed E-state index contributed by atoms with van der Waals surface area (Å²) < 4.78 is 5.18. The SMILES string of the molecule is C=CCC(C(=O)O)C1CCC(c2ccc(OC)cc2)CC1. The number of methoxy groups -OCH3 is 1. The molecular formula is C18H24O3. The number of benzene rings is 1. The van der Waals surface area contributed by atoms with Gasteiger partial charge < -0.3 is 9.84 Å². The van der Waals surface area contributed by atoms with Crippen LogP contribution in [0.4, 0.5) is 0 Å². The van der Waals surface area contributed by atoms with E-state index in [0.29, 0.717) is 12.3 Å². The monoisotopic (exact) mass is 288 g/mol. The predicted octanol–water partition coefficient (Wildman–Crippen LogP) is 4.25. The Balaban J connectivity index is 1.95. The molecule has 0 saturated heterocycles. The average Bonchev–Trinajstić information content (AvgIpc) is 2.53. The molecule has 0 aromatic heterocycles. The predicted molar refractivity (Wildman–Crippen MR) is 83.6 cm³/mol. The van der Waals surface area contributed by atoms with E-state index in [9.17, 15) is 9.90 Å². The van der Waals surface area contributed by atoms with Gasteiger partial charge in [0.2, 0.25) is 0 Å². The van der Waals surface area contributed by atoms with Crippen molar-refractivity contribution in [2.45, 2.75) is 38.0 Å². The van der Waals surface area contributed by atoms with E-state index in [1.165, 1.54) is 5.56 Å². The van der Waals surface area contributed by atoms with Crippen LogP contribution >= 0.6 is 0 Å². The summed E-state index contributed by atoms with van der Waals surface area (Å²) in [6.45, 7) is 3.68. The van der Waals surface area contributed by atoms with E-state index >= 15 is 0 Å². The van der Waals surface area contributed by atoms with E-state index < -0.39 is 5.97 Å². The van der Waals surface area contributed by atoms with Crippen molar-refractivity contribution in [2.75, 3.05) is 7.11 Å². The van der Waals surface area contributed by atoms with Crippen LogP contribution in [0.2, 0.25) is 0 Å². The number of carboxylic acid groups (broad SMARTS) is 1. The largest absolute Gasteiger partial charge is 0.497 e. The summed E-state index contributed by atoms with van der Waals surface area (Å²) >= 11 is 0. The van der Waals surface area contributed by atoms with Gasteiger partial charge >= 0.3 is 5.97 Å². The van der Waals surface area contributed by atoms with Crippen molar-refractivity contribution >= 4 is 5.97 Å². The molecular weight excluding hydrogens is 264 g/mol. The Kier molecular flexibility index (Phi) is 5.43. The molecule has 1 fully saturated rings. The maximum Gasteiger partial charge on any atom is 0.307 e. The summed E-state index contributed by atoms with van der Waals surface area (Å²) in [6.07, 6.45) is 6.42. The molecule has 0 bridgehead atoms. The van der Waals surface area contributed by atoms with Gasteiger partial charge in [-0.25, -0.2) is 0 Å². The van der Waals surface area contributed by atoms with Crippen LogP contribution in [0.15, 0.2) is 36.9 Å². The maximum atomic E-state index is 11.3. The van der Waals surface area contributed by atoms with Crippen LogP contribution in [0, 0.1) is 11.8 Å². The van der Waals surface area contributed by atoms with Crippen LogP contribution in [0.25, 0.3) is 0 Å². The van der Waals surface area contributed by atoms with E-state index in [1.807, 2.05) is 12.1 Å². The first-order valence-electron chi connectivity index (χ1n) is 7.63. The average molecular weight is 288 g/mol. The summed E-state index contributed by atoms with van der Waals surface area (Å²) in [4.78, 5) is 11.3. The highest BCUT2D eigenvalue weighted by Crippen LogP contribution is 2.40. The third kappa shape index (κ3) is 3.87. The fourth-order valence-corrected chi connectivity index (χ4v) is 3.41. The fraction of sp³-hybridized carbons (Fsp3) is 0.500. The summed E-state index contributed by atoms with van der Waals surface area (Å²) in [5, 5.41) is 9.34. The molecule has 1 N–H and O–H groups in total. The molecule has 2 rings (SSSR count). The van der Waals surface area contributed by atoms with Crippen molar-refractivity contribution in [3.63, 3.8) is 0 Å². The Morgan fingerprint density at radius 2 is 1.95 bits per heavy atom. The van der Waals surface area contributed by atoms with Crippen LogP contribution < -0.4 is 4.74 Å². The third-order valence-corrected chi connectivity index (χ3v) is 4.67. The van der Waals surface area contributed by atoms with Gasteiger partial charge in [0.15, 0.2) is 0 Å². The van der Waals surface area contributed by atoms with Crippen molar-refractivity contribution in [3.8, 4) is 5.75 Å². The molecule has 0 aliphatic heterocycles. The van der Waals surface area contributed by atoms with Gasteiger partial charge in [0, 0.05) is 0 Å². The number of ether oxygens (including phenoxy) is 1. The zero-order valence-electron chi connectivity index (χ0n) is 12.6. The smallest absolute Gasteiger partial charge is 0.307 e. The van der Waals surface area contributed by atoms with Gasteiger partial charge in [-0.05, 0) is 61.6 Å². The van der Waals surface area contributed by atoms with Crippen LogP contribution in [0.1, 0.15) is 43.6 Å². The van der Waals surface area contributed by atoms with Gasteiger partial charge in [-0.3, -0.25) is 4.79 Å². The summed E-state index contributed by atoms with van der Waals surface area (Å²) in [7, 11) is 1.67. The molecule has 1 aliphatic carbocycles. The van der Waals surface area contributed by atoms with Crippen molar-refractivity contribution in [3.05, 3.63) is 42.5 Å². The lowest BCUT2D eigenvalue weighted by molar-refractivity contribution is -0.144. The number of hydrogen-bond acceptors (Lipinski definition) is 2. The highest BCUT2D eigenvalue weighted by atomic mass is 16.5. The molecule has 3 nitrogen and oxygen atoms in total. The second kappa shape index (κ2) is 7.30. The Labute approximate surface area is 126 Å². The molecule has 1 aliphatic rings. The topological polar surface area (TPSA) is 46.5 Å². The molecule has 0 amide bonds. The number of hydrogen-bond donors (Lipinski definition) is 1. The van der Waals surface area contributed by atoms with Crippen LogP contribution in [0.3, 0.4) is 0 Å². The van der Waals surface area contributed by atoms with Gasteiger partial charge in [0.05, 0.1) is 13.0 Å². The Morgan fingerprint density at radius 3 is 2.43 bits per heavy atom. The van der Waals surface area contributed by atoms with Gasteiger partial charge in [0.25, 0.3) is 0 Å². The second-order valence-electron chi connectivity index (χ2n) is 5.85. The second-order valence-corrected chi connectivity index (χ2v) is 5.85. The lowest BCUT2D eigenvalue weighted by Gasteiger charge is -2.32. The number of allylic oxidation sites excluding steroid dienone is 1. The first kappa shape index (κ1) is 15.6. The zero-order chi connectivity index (χ0) is 15.2. The van der Waals surface area contributed by atoms with E-state index in [0.717, 1.165) is 31.4 Å². The first-order valence-corrected chi connectivity index (χ1v) is 7.63. The number of aliphatic carboxylic acids is 1. The van der Waals surface area contributed by atoms with Crippen LogP contribution in [0.5, 0.6) is 5.75 Å². The molecule has 3 heteroatoms. The molecule has 0 spiro atoms. The lowest BCUT2D eigenvalue weighted by atomic mass is 9.73. The van der Waals surface area contributed by atoms with E-state index in [4.69, 9.17) is 4.74 Å². The van der Waals surface area contributed by atoms with Crippen molar-refractivity contribution in [1.29, 1.82) is 0 Å².